The van der Waals surface area contributed by atoms with Crippen LogP contribution in [0.15, 0.2) is 17.3 Å². The average Bonchev–Trinajstić information content (AvgIpc) is 2.24. The summed E-state index contributed by atoms with van der Waals surface area (Å²) in [7, 11) is 0. The Morgan fingerprint density at radius 3 is 2.73 bits per heavy atom. The molecule has 0 amide bonds. The molecule has 2 N–H and O–H groups in total. The van der Waals surface area contributed by atoms with Crippen LogP contribution in [-0.4, -0.2) is 10.2 Å². The molecule has 0 aromatic carbocycles. The predicted octanol–water partition coefficient (Wildman–Crippen LogP) is 3.40. The van der Waals surface area contributed by atoms with Crippen LogP contribution in [0.4, 0.5) is 5.69 Å². The first kappa shape index (κ1) is 10.8. The molecule has 1 heterocycles. The molecule has 0 atom stereocenters. The molecule has 1 aliphatic carbocycles. The zero-order valence-corrected chi connectivity index (χ0v) is 10.0. The van der Waals surface area contributed by atoms with E-state index in [0.29, 0.717) is 0 Å². The molecule has 0 bridgehead atoms. The van der Waals surface area contributed by atoms with E-state index in [1.54, 1.807) is 6.20 Å². The zero-order valence-electron chi connectivity index (χ0n) is 9.20. The molecular weight excluding hydrogens is 204 g/mol. The summed E-state index contributed by atoms with van der Waals surface area (Å²) in [4.78, 5) is 4.41. The van der Waals surface area contributed by atoms with Gasteiger partial charge in [-0.3, -0.25) is 0 Å². The van der Waals surface area contributed by atoms with Crippen LogP contribution >= 0.6 is 11.8 Å². The van der Waals surface area contributed by atoms with Crippen molar-refractivity contribution >= 4 is 17.4 Å². The van der Waals surface area contributed by atoms with Gasteiger partial charge in [-0.2, -0.15) is 0 Å². The Morgan fingerprint density at radius 2 is 2.07 bits per heavy atom. The van der Waals surface area contributed by atoms with Crippen molar-refractivity contribution in [3.8, 4) is 0 Å². The van der Waals surface area contributed by atoms with Gasteiger partial charge in [-0.05, 0) is 31.4 Å². The SMILES string of the molecule is Cc1cc(N)cnc1SC1CCCCC1. The fourth-order valence-corrected chi connectivity index (χ4v) is 3.29. The summed E-state index contributed by atoms with van der Waals surface area (Å²) in [6, 6.07) is 2.01. The number of aromatic nitrogens is 1. The third-order valence-electron chi connectivity index (χ3n) is 2.88. The molecule has 82 valence electrons. The minimum Gasteiger partial charge on any atom is -0.397 e. The summed E-state index contributed by atoms with van der Waals surface area (Å²) < 4.78 is 0. The van der Waals surface area contributed by atoms with Gasteiger partial charge in [-0.1, -0.05) is 19.3 Å². The molecule has 1 saturated carbocycles. The van der Waals surface area contributed by atoms with Gasteiger partial charge < -0.3 is 5.73 Å². The average molecular weight is 222 g/mol. The maximum Gasteiger partial charge on any atom is 0.0993 e. The van der Waals surface area contributed by atoms with Crippen molar-refractivity contribution < 1.29 is 0 Å². The van der Waals surface area contributed by atoms with Gasteiger partial charge in [-0.25, -0.2) is 4.98 Å². The van der Waals surface area contributed by atoms with Gasteiger partial charge in [0.1, 0.15) is 0 Å². The van der Waals surface area contributed by atoms with Crippen LogP contribution in [0.3, 0.4) is 0 Å². The smallest absolute Gasteiger partial charge is 0.0993 e. The highest BCUT2D eigenvalue weighted by atomic mass is 32.2. The quantitative estimate of drug-likeness (QED) is 0.833. The molecule has 1 aromatic heterocycles. The second kappa shape index (κ2) is 4.88. The Bertz CT molecular complexity index is 332. The van der Waals surface area contributed by atoms with E-state index >= 15 is 0 Å². The third kappa shape index (κ3) is 2.88. The van der Waals surface area contributed by atoms with Gasteiger partial charge in [0.25, 0.3) is 0 Å². The van der Waals surface area contributed by atoms with E-state index in [1.807, 2.05) is 17.8 Å². The molecule has 15 heavy (non-hydrogen) atoms. The summed E-state index contributed by atoms with van der Waals surface area (Å²) in [5.41, 5.74) is 7.67. The second-order valence-corrected chi connectivity index (χ2v) is 5.56. The minimum absolute atomic E-state index is 0.764. The van der Waals surface area contributed by atoms with Crippen molar-refractivity contribution in [2.24, 2.45) is 0 Å². The predicted molar refractivity (Wildman–Crippen MR) is 66.1 cm³/mol. The Kier molecular flexibility index (Phi) is 3.52. The Labute approximate surface area is 95.7 Å². The normalized spacial score (nSPS) is 17.9. The minimum atomic E-state index is 0.764. The molecular formula is C12H18N2S. The number of rotatable bonds is 2. The first-order valence-electron chi connectivity index (χ1n) is 5.64. The van der Waals surface area contributed by atoms with Crippen LogP contribution in [-0.2, 0) is 0 Å². The Morgan fingerprint density at radius 1 is 1.33 bits per heavy atom. The van der Waals surface area contributed by atoms with Crippen LogP contribution in [0, 0.1) is 6.92 Å². The summed E-state index contributed by atoms with van der Waals surface area (Å²) in [6.07, 6.45) is 8.62. The van der Waals surface area contributed by atoms with E-state index in [2.05, 4.69) is 11.9 Å². The molecule has 3 heteroatoms. The van der Waals surface area contributed by atoms with Crippen molar-refractivity contribution in [3.05, 3.63) is 17.8 Å². The van der Waals surface area contributed by atoms with E-state index in [-0.39, 0.29) is 0 Å². The molecule has 1 aliphatic rings. The Balaban J connectivity index is 2.03. The number of nitrogens with two attached hydrogens (primary N) is 1. The van der Waals surface area contributed by atoms with Gasteiger partial charge in [0.2, 0.25) is 0 Å². The number of thioether (sulfide) groups is 1. The van der Waals surface area contributed by atoms with Crippen LogP contribution < -0.4 is 5.73 Å². The number of aryl methyl sites for hydroxylation is 1. The summed E-state index contributed by atoms with van der Waals surface area (Å²) >= 11 is 1.93. The largest absolute Gasteiger partial charge is 0.397 e. The molecule has 2 nitrogen and oxygen atoms in total. The zero-order chi connectivity index (χ0) is 10.7. The van der Waals surface area contributed by atoms with Crippen molar-refractivity contribution in [2.75, 3.05) is 5.73 Å². The lowest BCUT2D eigenvalue weighted by Gasteiger charge is -2.21. The summed E-state index contributed by atoms with van der Waals surface area (Å²) in [5, 5.41) is 1.93. The maximum absolute atomic E-state index is 5.69. The molecule has 2 rings (SSSR count). The van der Waals surface area contributed by atoms with E-state index in [1.165, 1.54) is 37.7 Å². The van der Waals surface area contributed by atoms with E-state index < -0.39 is 0 Å². The lowest BCUT2D eigenvalue weighted by Crippen LogP contribution is -2.08. The number of hydrogen-bond donors (Lipinski definition) is 1. The van der Waals surface area contributed by atoms with Crippen LogP contribution in [0.25, 0.3) is 0 Å². The standard InChI is InChI=1S/C12H18N2S/c1-9-7-10(13)8-14-12(9)15-11-5-3-2-4-6-11/h7-8,11H,2-6,13H2,1H3. The lowest BCUT2D eigenvalue weighted by molar-refractivity contribution is 0.515. The van der Waals surface area contributed by atoms with E-state index in [4.69, 9.17) is 5.73 Å². The van der Waals surface area contributed by atoms with Crippen LogP contribution in [0.1, 0.15) is 37.7 Å². The number of pyridine rings is 1. The number of nitrogen functional groups attached to an aromatic ring is 1. The number of anilines is 1. The van der Waals surface area contributed by atoms with Gasteiger partial charge >= 0.3 is 0 Å². The highest BCUT2D eigenvalue weighted by Gasteiger charge is 2.16. The summed E-state index contributed by atoms with van der Waals surface area (Å²) in [6.45, 7) is 2.09. The van der Waals surface area contributed by atoms with Crippen LogP contribution in [0.2, 0.25) is 0 Å². The van der Waals surface area contributed by atoms with Crippen LogP contribution in [0.5, 0.6) is 0 Å². The maximum atomic E-state index is 5.69. The Hall–Kier alpha value is -0.700. The monoisotopic (exact) mass is 222 g/mol. The van der Waals surface area contributed by atoms with Crippen molar-refractivity contribution in [2.45, 2.75) is 49.3 Å². The van der Waals surface area contributed by atoms with Gasteiger partial charge in [0.15, 0.2) is 0 Å². The lowest BCUT2D eigenvalue weighted by atomic mass is 10.0. The first-order valence-corrected chi connectivity index (χ1v) is 6.52. The third-order valence-corrected chi connectivity index (χ3v) is 4.34. The van der Waals surface area contributed by atoms with Gasteiger partial charge in [0, 0.05) is 5.25 Å². The fraction of sp³-hybridized carbons (Fsp3) is 0.583. The van der Waals surface area contributed by atoms with E-state index in [9.17, 15) is 0 Å². The van der Waals surface area contributed by atoms with Crippen molar-refractivity contribution in [1.82, 2.24) is 4.98 Å². The fourth-order valence-electron chi connectivity index (χ4n) is 2.05. The van der Waals surface area contributed by atoms with Crippen molar-refractivity contribution in [3.63, 3.8) is 0 Å². The molecule has 0 unspecified atom stereocenters. The molecule has 0 saturated heterocycles. The topological polar surface area (TPSA) is 38.9 Å². The van der Waals surface area contributed by atoms with Gasteiger partial charge in [0.05, 0.1) is 16.9 Å². The molecule has 0 radical (unpaired) electrons. The highest BCUT2D eigenvalue weighted by Crippen LogP contribution is 2.34. The first-order chi connectivity index (χ1) is 7.25. The van der Waals surface area contributed by atoms with Crippen molar-refractivity contribution in [1.29, 1.82) is 0 Å². The molecule has 1 fully saturated rings. The molecule has 0 spiro atoms. The molecule has 0 aliphatic heterocycles. The number of nitrogens with zero attached hydrogens (tertiary/aromatic N) is 1. The van der Waals surface area contributed by atoms with E-state index in [0.717, 1.165) is 16.0 Å². The van der Waals surface area contributed by atoms with Gasteiger partial charge in [-0.15, -0.1) is 11.8 Å². The number of hydrogen-bond acceptors (Lipinski definition) is 3. The highest BCUT2D eigenvalue weighted by molar-refractivity contribution is 7.99. The second-order valence-electron chi connectivity index (χ2n) is 4.27. The molecule has 1 aromatic rings. The summed E-state index contributed by atoms with van der Waals surface area (Å²) in [5.74, 6) is 0.